The Morgan fingerprint density at radius 1 is 1.08 bits per heavy atom. The van der Waals surface area contributed by atoms with Crippen LogP contribution >= 0.6 is 11.6 Å². The molecule has 126 valence electrons. The standard InChI is InChI=1S/C18H20ClN3O2/c1-12(13-3-7-15(19)8-4-13)21-11-17(23)22-16-9-5-14(6-10-16)18(24)20-2/h3-10,12,21H,11H2,1-2H3,(H,20,24)(H,22,23)/p+1/t12-/m1/s1. The van der Waals surface area contributed by atoms with Crippen LogP contribution in [0.4, 0.5) is 5.69 Å². The number of halogens is 1. The lowest BCUT2D eigenvalue weighted by molar-refractivity contribution is -0.682. The van der Waals surface area contributed by atoms with E-state index in [0.717, 1.165) is 5.56 Å². The molecule has 0 fully saturated rings. The van der Waals surface area contributed by atoms with E-state index >= 15 is 0 Å². The first-order valence-corrected chi connectivity index (χ1v) is 8.08. The fourth-order valence-electron chi connectivity index (χ4n) is 2.25. The Morgan fingerprint density at radius 2 is 1.71 bits per heavy atom. The molecule has 0 radical (unpaired) electrons. The van der Waals surface area contributed by atoms with Crippen molar-refractivity contribution in [3.05, 3.63) is 64.7 Å². The summed E-state index contributed by atoms with van der Waals surface area (Å²) in [5.41, 5.74) is 2.33. The van der Waals surface area contributed by atoms with Crippen LogP contribution in [0.15, 0.2) is 48.5 Å². The predicted octanol–water partition coefficient (Wildman–Crippen LogP) is 1.96. The number of nitrogens with one attached hydrogen (secondary N) is 2. The summed E-state index contributed by atoms with van der Waals surface area (Å²) in [6.07, 6.45) is 0. The Balaban J connectivity index is 1.84. The minimum Gasteiger partial charge on any atom is -0.355 e. The van der Waals surface area contributed by atoms with Gasteiger partial charge < -0.3 is 16.0 Å². The van der Waals surface area contributed by atoms with Gasteiger partial charge >= 0.3 is 0 Å². The molecule has 24 heavy (non-hydrogen) atoms. The number of anilines is 1. The molecule has 0 saturated heterocycles. The lowest BCUT2D eigenvalue weighted by Gasteiger charge is -2.11. The summed E-state index contributed by atoms with van der Waals surface area (Å²) in [7, 11) is 1.58. The zero-order chi connectivity index (χ0) is 17.5. The fourth-order valence-corrected chi connectivity index (χ4v) is 2.37. The van der Waals surface area contributed by atoms with Crippen molar-refractivity contribution in [3.63, 3.8) is 0 Å². The second kappa shape index (κ2) is 8.47. The Kier molecular flexibility index (Phi) is 6.35. The maximum atomic E-state index is 12.0. The second-order valence-electron chi connectivity index (χ2n) is 5.48. The van der Waals surface area contributed by atoms with Crippen LogP contribution in [-0.4, -0.2) is 25.4 Å². The van der Waals surface area contributed by atoms with E-state index < -0.39 is 0 Å². The van der Waals surface area contributed by atoms with Gasteiger partial charge in [-0.25, -0.2) is 0 Å². The molecule has 0 heterocycles. The van der Waals surface area contributed by atoms with Crippen molar-refractivity contribution in [2.45, 2.75) is 13.0 Å². The highest BCUT2D eigenvalue weighted by Crippen LogP contribution is 2.13. The molecule has 2 aromatic rings. The third-order valence-corrected chi connectivity index (χ3v) is 3.96. The highest BCUT2D eigenvalue weighted by atomic mass is 35.5. The van der Waals surface area contributed by atoms with Crippen LogP contribution in [0.1, 0.15) is 28.9 Å². The molecule has 2 aromatic carbocycles. The summed E-state index contributed by atoms with van der Waals surface area (Å²) in [5.74, 6) is -0.249. The molecule has 4 N–H and O–H groups in total. The van der Waals surface area contributed by atoms with Gasteiger partial charge in [-0.3, -0.25) is 9.59 Å². The monoisotopic (exact) mass is 346 g/mol. The van der Waals surface area contributed by atoms with E-state index in [2.05, 4.69) is 10.6 Å². The third kappa shape index (κ3) is 5.08. The van der Waals surface area contributed by atoms with Crippen LogP contribution in [0.2, 0.25) is 5.02 Å². The lowest BCUT2D eigenvalue weighted by atomic mass is 10.1. The summed E-state index contributed by atoms with van der Waals surface area (Å²) in [6.45, 7) is 2.34. The topological polar surface area (TPSA) is 74.8 Å². The number of benzene rings is 2. The van der Waals surface area contributed by atoms with E-state index in [-0.39, 0.29) is 17.9 Å². The van der Waals surface area contributed by atoms with Gasteiger partial charge in [-0.1, -0.05) is 23.7 Å². The highest BCUT2D eigenvalue weighted by Gasteiger charge is 2.12. The number of quaternary nitrogens is 1. The Hall–Kier alpha value is -2.37. The number of rotatable bonds is 6. The van der Waals surface area contributed by atoms with Crippen molar-refractivity contribution in [1.82, 2.24) is 5.32 Å². The molecule has 6 heteroatoms. The first-order chi connectivity index (χ1) is 11.5. The van der Waals surface area contributed by atoms with E-state index in [1.165, 1.54) is 0 Å². The summed E-state index contributed by atoms with van der Waals surface area (Å²) in [5, 5.41) is 8.03. The molecular weight excluding hydrogens is 326 g/mol. The summed E-state index contributed by atoms with van der Waals surface area (Å²) >= 11 is 5.87. The number of nitrogens with two attached hydrogens (primary N) is 1. The van der Waals surface area contributed by atoms with Gasteiger partial charge in [0.2, 0.25) is 0 Å². The van der Waals surface area contributed by atoms with Crippen molar-refractivity contribution in [2.75, 3.05) is 18.9 Å². The Bertz CT molecular complexity index is 699. The largest absolute Gasteiger partial charge is 0.355 e. The van der Waals surface area contributed by atoms with Gasteiger partial charge in [0.05, 0.1) is 0 Å². The number of hydrogen-bond donors (Lipinski definition) is 3. The first-order valence-electron chi connectivity index (χ1n) is 7.70. The molecule has 2 amide bonds. The summed E-state index contributed by atoms with van der Waals surface area (Å²) < 4.78 is 0. The predicted molar refractivity (Wildman–Crippen MR) is 95.1 cm³/mol. The normalized spacial score (nSPS) is 11.6. The molecular formula is C18H21ClN3O2+. The molecule has 0 aliphatic rings. The van der Waals surface area contributed by atoms with Crippen molar-refractivity contribution in [1.29, 1.82) is 0 Å². The van der Waals surface area contributed by atoms with Crippen LogP contribution in [-0.2, 0) is 4.79 Å². The molecule has 0 aliphatic carbocycles. The molecule has 5 nitrogen and oxygen atoms in total. The van der Waals surface area contributed by atoms with Crippen LogP contribution in [0, 0.1) is 0 Å². The summed E-state index contributed by atoms with van der Waals surface area (Å²) in [6, 6.07) is 14.5. The van der Waals surface area contributed by atoms with Gasteiger partial charge in [0.1, 0.15) is 6.04 Å². The maximum absolute atomic E-state index is 12.0. The Morgan fingerprint density at radius 3 is 2.29 bits per heavy atom. The van der Waals surface area contributed by atoms with Gasteiger partial charge in [-0.2, -0.15) is 0 Å². The minimum atomic E-state index is -0.155. The highest BCUT2D eigenvalue weighted by molar-refractivity contribution is 6.30. The van der Waals surface area contributed by atoms with E-state index in [1.807, 2.05) is 36.5 Å². The van der Waals surface area contributed by atoms with Gasteiger partial charge in [0.15, 0.2) is 6.54 Å². The first kappa shape index (κ1) is 18.0. The molecule has 2 rings (SSSR count). The second-order valence-corrected chi connectivity index (χ2v) is 5.92. The van der Waals surface area contributed by atoms with E-state index in [0.29, 0.717) is 22.8 Å². The molecule has 0 unspecified atom stereocenters. The summed E-state index contributed by atoms with van der Waals surface area (Å²) in [4.78, 5) is 23.5. The van der Waals surface area contributed by atoms with Crippen molar-refractivity contribution < 1.29 is 14.9 Å². The zero-order valence-electron chi connectivity index (χ0n) is 13.7. The number of amides is 2. The lowest BCUT2D eigenvalue weighted by Crippen LogP contribution is -2.86. The van der Waals surface area contributed by atoms with Crippen LogP contribution in [0.3, 0.4) is 0 Å². The SMILES string of the molecule is CNC(=O)c1ccc(NC(=O)C[NH2+][C@H](C)c2ccc(Cl)cc2)cc1. The van der Waals surface area contributed by atoms with Gasteiger partial charge in [-0.15, -0.1) is 0 Å². The van der Waals surface area contributed by atoms with Crippen LogP contribution in [0.25, 0.3) is 0 Å². The average molecular weight is 347 g/mol. The van der Waals surface area contributed by atoms with E-state index in [9.17, 15) is 9.59 Å². The number of carbonyl (C=O) groups is 2. The van der Waals surface area contributed by atoms with E-state index in [4.69, 9.17) is 11.6 Å². The van der Waals surface area contributed by atoms with Crippen molar-refractivity contribution in [3.8, 4) is 0 Å². The van der Waals surface area contributed by atoms with Gasteiger partial charge in [-0.05, 0) is 43.3 Å². The fraction of sp³-hybridized carbons (Fsp3) is 0.222. The third-order valence-electron chi connectivity index (χ3n) is 3.71. The van der Waals surface area contributed by atoms with Crippen molar-refractivity contribution in [2.24, 2.45) is 0 Å². The quantitative estimate of drug-likeness (QED) is 0.748. The van der Waals surface area contributed by atoms with Crippen LogP contribution in [0.5, 0.6) is 0 Å². The molecule has 1 atom stereocenters. The van der Waals surface area contributed by atoms with Gasteiger partial charge in [0, 0.05) is 28.9 Å². The maximum Gasteiger partial charge on any atom is 0.279 e. The molecule has 0 saturated carbocycles. The molecule has 0 spiro atoms. The van der Waals surface area contributed by atoms with Gasteiger partial charge in [0.25, 0.3) is 11.8 Å². The number of hydrogen-bond acceptors (Lipinski definition) is 2. The van der Waals surface area contributed by atoms with E-state index in [1.54, 1.807) is 31.3 Å². The molecule has 0 aliphatic heterocycles. The minimum absolute atomic E-state index is 0.0940. The number of carbonyl (C=O) groups excluding carboxylic acids is 2. The average Bonchev–Trinajstić information content (AvgIpc) is 2.60. The zero-order valence-corrected chi connectivity index (χ0v) is 14.4. The van der Waals surface area contributed by atoms with Crippen molar-refractivity contribution >= 4 is 29.1 Å². The smallest absolute Gasteiger partial charge is 0.279 e. The molecule has 0 bridgehead atoms. The van der Waals surface area contributed by atoms with Crippen LogP contribution < -0.4 is 16.0 Å². The molecule has 0 aromatic heterocycles. The Labute approximate surface area is 146 Å².